The number of aromatic nitrogens is 1. The second-order valence-corrected chi connectivity index (χ2v) is 4.45. The van der Waals surface area contributed by atoms with Crippen LogP contribution in [0.3, 0.4) is 0 Å². The molecule has 0 aliphatic heterocycles. The van der Waals surface area contributed by atoms with Crippen LogP contribution in [0.4, 0.5) is 0 Å². The number of aliphatic hydroxyl groups excluding tert-OH is 2. The molecule has 1 heterocycles. The third-order valence-corrected chi connectivity index (χ3v) is 3.07. The smallest absolute Gasteiger partial charge is 0.338 e. The Bertz CT molecular complexity index is 643. The van der Waals surface area contributed by atoms with E-state index in [1.165, 1.54) is 7.11 Å². The fourth-order valence-electron chi connectivity index (χ4n) is 1.96. The fraction of sp³-hybridized carbons (Fsp3) is 0.333. The molecule has 2 rings (SSSR count). The zero-order chi connectivity index (χ0) is 15.4. The first-order valence-electron chi connectivity index (χ1n) is 6.54. The molecule has 6 nitrogen and oxygen atoms in total. The van der Waals surface area contributed by atoms with Crippen LogP contribution in [0.2, 0.25) is 0 Å². The molecule has 21 heavy (non-hydrogen) atoms. The Balaban J connectivity index is 2.27. The van der Waals surface area contributed by atoms with Crippen molar-refractivity contribution in [2.24, 2.45) is 0 Å². The lowest BCUT2D eigenvalue weighted by atomic mass is 10.0. The maximum atomic E-state index is 11.4. The highest BCUT2D eigenvalue weighted by molar-refractivity contribution is 5.81. The predicted octanol–water partition coefficient (Wildman–Crippen LogP) is 1.20. The number of nitrogens with zero attached hydrogens (tertiary/aromatic N) is 1. The first-order chi connectivity index (χ1) is 10.1. The van der Waals surface area contributed by atoms with E-state index in [2.05, 4.69) is 9.72 Å². The summed E-state index contributed by atoms with van der Waals surface area (Å²) in [4.78, 5) is 15.7. The Kier molecular flexibility index (Phi) is 4.72. The molecule has 0 bridgehead atoms. The third kappa shape index (κ3) is 3.29. The van der Waals surface area contributed by atoms with Crippen LogP contribution in [0.1, 0.15) is 18.6 Å². The SMILES string of the molecule is CCOC(=O)C(O)C(O)c1ccc2nc(OC)ccc2c1. The molecular formula is C15H17NO5. The number of carbonyl (C=O) groups excluding carboxylic acids is 1. The van der Waals surface area contributed by atoms with Gasteiger partial charge in [0.05, 0.1) is 19.2 Å². The number of pyridine rings is 1. The van der Waals surface area contributed by atoms with Crippen molar-refractivity contribution in [2.45, 2.75) is 19.1 Å². The zero-order valence-corrected chi connectivity index (χ0v) is 11.8. The summed E-state index contributed by atoms with van der Waals surface area (Å²) >= 11 is 0. The lowest BCUT2D eigenvalue weighted by Gasteiger charge is -2.17. The van der Waals surface area contributed by atoms with Gasteiger partial charge in [0.25, 0.3) is 0 Å². The number of rotatable bonds is 5. The monoisotopic (exact) mass is 291 g/mol. The molecule has 2 unspecified atom stereocenters. The van der Waals surface area contributed by atoms with E-state index >= 15 is 0 Å². The van der Waals surface area contributed by atoms with E-state index in [4.69, 9.17) is 4.74 Å². The first kappa shape index (κ1) is 15.2. The summed E-state index contributed by atoms with van der Waals surface area (Å²) in [5, 5.41) is 20.6. The minimum atomic E-state index is -1.62. The Labute approximate surface area is 121 Å². The van der Waals surface area contributed by atoms with Crippen molar-refractivity contribution in [2.75, 3.05) is 13.7 Å². The molecule has 0 spiro atoms. The minimum Gasteiger partial charge on any atom is -0.481 e. The number of benzene rings is 1. The number of aliphatic hydroxyl groups is 2. The van der Waals surface area contributed by atoms with Crippen LogP contribution in [0, 0.1) is 0 Å². The van der Waals surface area contributed by atoms with Gasteiger partial charge in [0.2, 0.25) is 5.88 Å². The summed E-state index contributed by atoms with van der Waals surface area (Å²) in [7, 11) is 1.53. The highest BCUT2D eigenvalue weighted by Crippen LogP contribution is 2.23. The molecule has 2 atom stereocenters. The zero-order valence-electron chi connectivity index (χ0n) is 11.8. The lowest BCUT2D eigenvalue weighted by molar-refractivity contribution is -0.159. The molecule has 112 valence electrons. The molecule has 0 aliphatic rings. The van der Waals surface area contributed by atoms with Crippen LogP contribution in [-0.2, 0) is 9.53 Å². The van der Waals surface area contributed by atoms with Crippen LogP contribution in [0.5, 0.6) is 5.88 Å². The topological polar surface area (TPSA) is 88.9 Å². The number of carbonyl (C=O) groups is 1. The molecule has 0 aliphatic carbocycles. The molecule has 0 saturated heterocycles. The summed E-state index contributed by atoms with van der Waals surface area (Å²) in [6, 6.07) is 8.43. The largest absolute Gasteiger partial charge is 0.481 e. The van der Waals surface area contributed by atoms with Gasteiger partial charge in [0.1, 0.15) is 6.10 Å². The highest BCUT2D eigenvalue weighted by atomic mass is 16.5. The maximum absolute atomic E-state index is 11.4. The van der Waals surface area contributed by atoms with Crippen LogP contribution in [-0.4, -0.2) is 41.0 Å². The van der Waals surface area contributed by atoms with Crippen molar-refractivity contribution in [3.8, 4) is 5.88 Å². The predicted molar refractivity (Wildman–Crippen MR) is 75.9 cm³/mol. The van der Waals surface area contributed by atoms with Gasteiger partial charge in [-0.1, -0.05) is 6.07 Å². The van der Waals surface area contributed by atoms with E-state index < -0.39 is 18.2 Å². The van der Waals surface area contributed by atoms with Gasteiger partial charge < -0.3 is 19.7 Å². The Hall–Kier alpha value is -2.18. The van der Waals surface area contributed by atoms with E-state index in [0.717, 1.165) is 5.39 Å². The van der Waals surface area contributed by atoms with E-state index in [1.807, 2.05) is 0 Å². The molecule has 2 N–H and O–H groups in total. The molecule has 1 aromatic heterocycles. The van der Waals surface area contributed by atoms with Gasteiger partial charge in [-0.3, -0.25) is 0 Å². The second kappa shape index (κ2) is 6.51. The number of fused-ring (bicyclic) bond motifs is 1. The van der Waals surface area contributed by atoms with Crippen molar-refractivity contribution in [3.05, 3.63) is 35.9 Å². The second-order valence-electron chi connectivity index (χ2n) is 4.45. The Morgan fingerprint density at radius 1 is 1.29 bits per heavy atom. The average Bonchev–Trinajstić information content (AvgIpc) is 2.52. The van der Waals surface area contributed by atoms with E-state index in [0.29, 0.717) is 17.0 Å². The molecule has 6 heteroatoms. The van der Waals surface area contributed by atoms with Gasteiger partial charge in [-0.15, -0.1) is 0 Å². The van der Waals surface area contributed by atoms with Crippen LogP contribution >= 0.6 is 0 Å². The average molecular weight is 291 g/mol. The van der Waals surface area contributed by atoms with Crippen molar-refractivity contribution in [3.63, 3.8) is 0 Å². The quantitative estimate of drug-likeness (QED) is 0.805. The van der Waals surface area contributed by atoms with Gasteiger partial charge in [0, 0.05) is 11.5 Å². The number of ether oxygens (including phenoxy) is 2. The standard InChI is InChI=1S/C15H17NO5/c1-3-21-15(19)14(18)13(17)10-4-6-11-9(8-10)5-7-12(16-11)20-2/h4-8,13-14,17-18H,3H2,1-2H3. The number of esters is 1. The van der Waals surface area contributed by atoms with Crippen molar-refractivity contribution < 1.29 is 24.5 Å². The maximum Gasteiger partial charge on any atom is 0.338 e. The fourth-order valence-corrected chi connectivity index (χ4v) is 1.96. The summed E-state index contributed by atoms with van der Waals surface area (Å²) in [6.07, 6.45) is -2.97. The Morgan fingerprint density at radius 2 is 2.05 bits per heavy atom. The first-order valence-corrected chi connectivity index (χ1v) is 6.54. The van der Waals surface area contributed by atoms with E-state index in [1.54, 1.807) is 37.3 Å². The van der Waals surface area contributed by atoms with Crippen molar-refractivity contribution in [1.29, 1.82) is 0 Å². The van der Waals surface area contributed by atoms with Crippen LogP contribution < -0.4 is 4.74 Å². The molecule has 0 saturated carbocycles. The van der Waals surface area contributed by atoms with E-state index in [9.17, 15) is 15.0 Å². The molecule has 0 fully saturated rings. The van der Waals surface area contributed by atoms with E-state index in [-0.39, 0.29) is 6.61 Å². The summed E-state index contributed by atoms with van der Waals surface area (Å²) in [5.74, 6) is -0.361. The van der Waals surface area contributed by atoms with Crippen LogP contribution in [0.15, 0.2) is 30.3 Å². The minimum absolute atomic E-state index is 0.143. The van der Waals surface area contributed by atoms with Crippen molar-refractivity contribution in [1.82, 2.24) is 4.98 Å². The Morgan fingerprint density at radius 3 is 2.71 bits per heavy atom. The highest BCUT2D eigenvalue weighted by Gasteiger charge is 2.27. The van der Waals surface area contributed by atoms with Crippen LogP contribution in [0.25, 0.3) is 10.9 Å². The normalized spacial score (nSPS) is 13.7. The molecule has 0 amide bonds. The van der Waals surface area contributed by atoms with Crippen molar-refractivity contribution >= 4 is 16.9 Å². The van der Waals surface area contributed by atoms with Gasteiger partial charge in [0.15, 0.2) is 6.10 Å². The summed E-state index contributed by atoms with van der Waals surface area (Å²) in [5.41, 5.74) is 1.10. The van der Waals surface area contributed by atoms with Gasteiger partial charge in [-0.2, -0.15) is 0 Å². The summed E-state index contributed by atoms with van der Waals surface area (Å²) < 4.78 is 9.72. The van der Waals surface area contributed by atoms with Gasteiger partial charge in [-0.05, 0) is 30.7 Å². The number of hydrogen-bond acceptors (Lipinski definition) is 6. The molecular weight excluding hydrogens is 274 g/mol. The number of methoxy groups -OCH3 is 1. The lowest BCUT2D eigenvalue weighted by Crippen LogP contribution is -2.29. The molecule has 0 radical (unpaired) electrons. The third-order valence-electron chi connectivity index (χ3n) is 3.07. The molecule has 2 aromatic rings. The summed E-state index contributed by atoms with van der Waals surface area (Å²) in [6.45, 7) is 1.77. The van der Waals surface area contributed by atoms with Gasteiger partial charge in [-0.25, -0.2) is 9.78 Å². The van der Waals surface area contributed by atoms with Gasteiger partial charge >= 0.3 is 5.97 Å². The number of hydrogen-bond donors (Lipinski definition) is 2. The molecule has 1 aromatic carbocycles.